The Hall–Kier alpha value is -1.75. The van der Waals surface area contributed by atoms with Crippen LogP contribution in [0.1, 0.15) is 40.2 Å². The Morgan fingerprint density at radius 2 is 1.95 bits per heavy atom. The minimum atomic E-state index is -0.507. The van der Waals surface area contributed by atoms with Crippen molar-refractivity contribution in [2.24, 2.45) is 11.1 Å². The number of nitrogens with one attached hydrogen (secondary N) is 1. The van der Waals surface area contributed by atoms with Crippen LogP contribution >= 0.6 is 0 Å². The van der Waals surface area contributed by atoms with Gasteiger partial charge in [-0.1, -0.05) is 26.8 Å². The van der Waals surface area contributed by atoms with Crippen molar-refractivity contribution < 1.29 is 14.3 Å². The third-order valence-electron chi connectivity index (χ3n) is 3.59. The highest BCUT2D eigenvalue weighted by molar-refractivity contribution is 5.75. The molecule has 0 aliphatic rings. The molecular weight excluding hydrogens is 280 g/mol. The number of rotatable bonds is 8. The van der Waals surface area contributed by atoms with E-state index in [1.165, 1.54) is 0 Å². The number of primary amides is 1. The van der Waals surface area contributed by atoms with Crippen molar-refractivity contribution in [3.05, 3.63) is 23.8 Å². The van der Waals surface area contributed by atoms with Gasteiger partial charge < -0.3 is 20.5 Å². The Balaban J connectivity index is 2.77. The van der Waals surface area contributed by atoms with Crippen molar-refractivity contribution >= 4 is 5.91 Å². The molecule has 1 amide bonds. The highest BCUT2D eigenvalue weighted by atomic mass is 16.5. The highest BCUT2D eigenvalue weighted by Crippen LogP contribution is 2.29. The zero-order valence-corrected chi connectivity index (χ0v) is 14.2. The van der Waals surface area contributed by atoms with Crippen LogP contribution in [0.15, 0.2) is 18.2 Å². The van der Waals surface area contributed by atoms with E-state index >= 15 is 0 Å². The molecule has 22 heavy (non-hydrogen) atoms. The van der Waals surface area contributed by atoms with Crippen LogP contribution in [0.3, 0.4) is 0 Å². The number of hydrogen-bond donors (Lipinski definition) is 2. The van der Waals surface area contributed by atoms with E-state index in [1.54, 1.807) is 0 Å². The van der Waals surface area contributed by atoms with E-state index in [9.17, 15) is 4.79 Å². The number of benzene rings is 1. The summed E-state index contributed by atoms with van der Waals surface area (Å²) in [6.45, 7) is 11.8. The summed E-state index contributed by atoms with van der Waals surface area (Å²) < 4.78 is 10.9. The molecule has 1 aromatic rings. The van der Waals surface area contributed by atoms with Gasteiger partial charge in [0.25, 0.3) is 5.91 Å². The fraction of sp³-hybridized carbons (Fsp3) is 0.588. The largest absolute Gasteiger partial charge is 0.490 e. The van der Waals surface area contributed by atoms with Gasteiger partial charge in [0.2, 0.25) is 0 Å². The number of ether oxygens (including phenoxy) is 2. The fourth-order valence-electron chi connectivity index (χ4n) is 1.78. The number of nitrogens with two attached hydrogens (primary N) is 1. The summed E-state index contributed by atoms with van der Waals surface area (Å²) >= 11 is 0. The van der Waals surface area contributed by atoms with Crippen molar-refractivity contribution in [1.29, 1.82) is 0 Å². The van der Waals surface area contributed by atoms with Crippen molar-refractivity contribution in [1.82, 2.24) is 5.32 Å². The van der Waals surface area contributed by atoms with Gasteiger partial charge in [0, 0.05) is 12.6 Å². The summed E-state index contributed by atoms with van der Waals surface area (Å²) in [7, 11) is 0. The Morgan fingerprint density at radius 1 is 1.27 bits per heavy atom. The molecule has 0 saturated carbocycles. The van der Waals surface area contributed by atoms with Gasteiger partial charge in [-0.15, -0.1) is 0 Å². The Labute approximate surface area is 133 Å². The Bertz CT molecular complexity index is 495. The van der Waals surface area contributed by atoms with Crippen molar-refractivity contribution in [3.63, 3.8) is 0 Å². The first-order valence-corrected chi connectivity index (χ1v) is 7.64. The molecule has 0 spiro atoms. The zero-order chi connectivity index (χ0) is 16.8. The first kappa shape index (κ1) is 18.3. The minimum absolute atomic E-state index is 0.154. The molecule has 1 aromatic carbocycles. The van der Waals surface area contributed by atoms with Gasteiger partial charge in [-0.3, -0.25) is 4.79 Å². The van der Waals surface area contributed by atoms with Gasteiger partial charge in [0.05, 0.1) is 6.61 Å². The van der Waals surface area contributed by atoms with Crippen LogP contribution in [0, 0.1) is 5.41 Å². The van der Waals surface area contributed by atoms with Crippen molar-refractivity contribution in [2.75, 3.05) is 13.2 Å². The Kier molecular flexibility index (Phi) is 6.68. The van der Waals surface area contributed by atoms with Crippen molar-refractivity contribution in [3.8, 4) is 11.5 Å². The zero-order valence-electron chi connectivity index (χ0n) is 14.2. The van der Waals surface area contributed by atoms with E-state index in [0.717, 1.165) is 12.1 Å². The van der Waals surface area contributed by atoms with Gasteiger partial charge in [-0.25, -0.2) is 0 Å². The second-order valence-corrected chi connectivity index (χ2v) is 6.44. The number of hydrogen-bond acceptors (Lipinski definition) is 4. The molecule has 0 heterocycles. The molecular formula is C17H28N2O3. The van der Waals surface area contributed by atoms with Gasteiger partial charge >= 0.3 is 0 Å². The topological polar surface area (TPSA) is 73.6 Å². The molecule has 0 saturated heterocycles. The van der Waals surface area contributed by atoms with Gasteiger partial charge in [0.1, 0.15) is 0 Å². The number of carbonyl (C=O) groups is 1. The SMILES string of the molecule is CCOc1cc(CNC(C)C(C)(C)C)ccc1OCC(N)=O. The molecule has 0 radical (unpaired) electrons. The van der Waals surface area contributed by atoms with Crippen LogP contribution in [0.2, 0.25) is 0 Å². The lowest BCUT2D eigenvalue weighted by atomic mass is 9.88. The molecule has 0 aliphatic heterocycles. The lowest BCUT2D eigenvalue weighted by Gasteiger charge is -2.28. The third-order valence-corrected chi connectivity index (χ3v) is 3.59. The average Bonchev–Trinajstić information content (AvgIpc) is 2.42. The maximum atomic E-state index is 10.8. The molecule has 0 aromatic heterocycles. The van der Waals surface area contributed by atoms with E-state index in [2.05, 4.69) is 33.0 Å². The molecule has 3 N–H and O–H groups in total. The highest BCUT2D eigenvalue weighted by Gasteiger charge is 2.19. The third kappa shape index (κ3) is 5.93. The maximum Gasteiger partial charge on any atom is 0.255 e. The molecule has 5 heteroatoms. The summed E-state index contributed by atoms with van der Waals surface area (Å²) in [4.78, 5) is 10.8. The quantitative estimate of drug-likeness (QED) is 0.774. The lowest BCUT2D eigenvalue weighted by molar-refractivity contribution is -0.119. The number of carbonyl (C=O) groups excluding carboxylic acids is 1. The molecule has 0 aliphatic carbocycles. The van der Waals surface area contributed by atoms with E-state index in [1.807, 2.05) is 25.1 Å². The normalized spacial score (nSPS) is 12.8. The second kappa shape index (κ2) is 8.03. The monoisotopic (exact) mass is 308 g/mol. The minimum Gasteiger partial charge on any atom is -0.490 e. The van der Waals surface area contributed by atoms with Crippen LogP contribution in [-0.2, 0) is 11.3 Å². The standard InChI is InChI=1S/C17H28N2O3/c1-6-21-15-9-13(10-19-12(2)17(3,4)5)7-8-14(15)22-11-16(18)20/h7-9,12,19H,6,10-11H2,1-5H3,(H2,18,20). The van der Waals surface area contributed by atoms with Crippen LogP contribution < -0.4 is 20.5 Å². The first-order chi connectivity index (χ1) is 10.2. The first-order valence-electron chi connectivity index (χ1n) is 7.64. The van der Waals surface area contributed by atoms with Crippen molar-refractivity contribution in [2.45, 2.75) is 47.2 Å². The predicted molar refractivity (Wildman–Crippen MR) is 88.1 cm³/mol. The lowest BCUT2D eigenvalue weighted by Crippen LogP contribution is -2.37. The average molecular weight is 308 g/mol. The summed E-state index contributed by atoms with van der Waals surface area (Å²) in [5, 5.41) is 3.51. The summed E-state index contributed by atoms with van der Waals surface area (Å²) in [6, 6.07) is 6.09. The molecule has 0 bridgehead atoms. The summed E-state index contributed by atoms with van der Waals surface area (Å²) in [6.07, 6.45) is 0. The van der Waals surface area contributed by atoms with E-state index in [-0.39, 0.29) is 12.0 Å². The molecule has 1 atom stereocenters. The van der Waals surface area contributed by atoms with Crippen LogP contribution in [0.5, 0.6) is 11.5 Å². The van der Waals surface area contributed by atoms with Gasteiger partial charge in [-0.2, -0.15) is 0 Å². The van der Waals surface area contributed by atoms with Crippen LogP contribution in [0.4, 0.5) is 0 Å². The molecule has 124 valence electrons. The van der Waals surface area contributed by atoms with Crippen LogP contribution in [-0.4, -0.2) is 25.2 Å². The maximum absolute atomic E-state index is 10.8. The molecule has 1 rings (SSSR count). The smallest absolute Gasteiger partial charge is 0.255 e. The fourth-order valence-corrected chi connectivity index (χ4v) is 1.78. The van der Waals surface area contributed by atoms with Gasteiger partial charge in [-0.05, 0) is 37.0 Å². The number of amides is 1. The molecule has 0 fully saturated rings. The van der Waals surface area contributed by atoms with Gasteiger partial charge in [0.15, 0.2) is 18.1 Å². The van der Waals surface area contributed by atoms with Crippen LogP contribution in [0.25, 0.3) is 0 Å². The van der Waals surface area contributed by atoms with E-state index in [0.29, 0.717) is 24.1 Å². The summed E-state index contributed by atoms with van der Waals surface area (Å²) in [5.41, 5.74) is 6.41. The van der Waals surface area contributed by atoms with E-state index in [4.69, 9.17) is 15.2 Å². The predicted octanol–water partition coefficient (Wildman–Crippen LogP) is 2.47. The second-order valence-electron chi connectivity index (χ2n) is 6.44. The van der Waals surface area contributed by atoms with E-state index < -0.39 is 5.91 Å². The Morgan fingerprint density at radius 3 is 2.50 bits per heavy atom. The summed E-state index contributed by atoms with van der Waals surface area (Å²) in [5.74, 6) is 0.659. The molecule has 1 unspecified atom stereocenters. The molecule has 5 nitrogen and oxygen atoms in total.